The van der Waals surface area contributed by atoms with Crippen LogP contribution in [0.25, 0.3) is 11.1 Å². The third kappa shape index (κ3) is 5.86. The van der Waals surface area contributed by atoms with Crippen molar-refractivity contribution in [2.75, 3.05) is 11.9 Å². The van der Waals surface area contributed by atoms with Gasteiger partial charge in [0.05, 0.1) is 0 Å². The second kappa shape index (κ2) is 9.61. The third-order valence-electron chi connectivity index (χ3n) is 5.68. The minimum Gasteiger partial charge on any atom is -0.481 e. The van der Waals surface area contributed by atoms with Crippen LogP contribution in [-0.2, 0) is 4.79 Å². The van der Waals surface area contributed by atoms with Crippen LogP contribution >= 0.6 is 0 Å². The monoisotopic (exact) mass is 487 g/mol. The molecular formula is C24H20F3N3O5. The molecule has 1 aliphatic carbocycles. The average Bonchev–Trinajstić information content (AvgIpc) is 2.78. The molecule has 1 saturated carbocycles. The molecule has 2 N–H and O–H groups in total. The van der Waals surface area contributed by atoms with E-state index in [-0.39, 0.29) is 18.2 Å². The fourth-order valence-corrected chi connectivity index (χ4v) is 3.55. The van der Waals surface area contributed by atoms with Crippen LogP contribution in [0.15, 0.2) is 60.9 Å². The molecule has 1 amide bonds. The Balaban J connectivity index is 1.36. The molecule has 4 rings (SSSR count). The molecule has 35 heavy (non-hydrogen) atoms. The Labute approximate surface area is 197 Å². The van der Waals surface area contributed by atoms with Gasteiger partial charge in [0.1, 0.15) is 17.8 Å². The van der Waals surface area contributed by atoms with E-state index in [1.165, 1.54) is 24.5 Å². The number of carbonyl (C=O) groups excluding carboxylic acids is 1. The molecule has 8 nitrogen and oxygen atoms in total. The van der Waals surface area contributed by atoms with E-state index >= 15 is 0 Å². The number of nitrogens with one attached hydrogen (secondary N) is 1. The first-order valence-electron chi connectivity index (χ1n) is 10.6. The van der Waals surface area contributed by atoms with Crippen LogP contribution < -0.4 is 14.8 Å². The van der Waals surface area contributed by atoms with E-state index in [1.807, 2.05) is 0 Å². The predicted molar refractivity (Wildman–Crippen MR) is 118 cm³/mol. The van der Waals surface area contributed by atoms with E-state index in [0.29, 0.717) is 24.1 Å². The highest BCUT2D eigenvalue weighted by Gasteiger charge is 2.45. The van der Waals surface area contributed by atoms with Gasteiger partial charge in [0.15, 0.2) is 0 Å². The van der Waals surface area contributed by atoms with Crippen molar-refractivity contribution in [2.24, 2.45) is 5.41 Å². The Morgan fingerprint density at radius 1 is 1.03 bits per heavy atom. The number of benzene rings is 2. The van der Waals surface area contributed by atoms with Crippen molar-refractivity contribution < 1.29 is 37.3 Å². The Morgan fingerprint density at radius 2 is 1.71 bits per heavy atom. The van der Waals surface area contributed by atoms with Crippen molar-refractivity contribution in [3.63, 3.8) is 0 Å². The minimum absolute atomic E-state index is 0.00592. The Morgan fingerprint density at radius 3 is 2.29 bits per heavy atom. The van der Waals surface area contributed by atoms with E-state index in [9.17, 15) is 27.9 Å². The van der Waals surface area contributed by atoms with Gasteiger partial charge in [-0.25, -0.2) is 9.97 Å². The second-order valence-corrected chi connectivity index (χ2v) is 8.09. The van der Waals surface area contributed by atoms with Gasteiger partial charge in [-0.1, -0.05) is 24.6 Å². The van der Waals surface area contributed by atoms with Gasteiger partial charge in [-0.15, -0.1) is 13.2 Å². The summed E-state index contributed by atoms with van der Waals surface area (Å²) in [6, 6.07) is 11.5. The first kappa shape index (κ1) is 24.0. The lowest BCUT2D eigenvalue weighted by atomic mass is 9.69. The summed E-state index contributed by atoms with van der Waals surface area (Å²) in [4.78, 5) is 32.1. The lowest BCUT2D eigenvalue weighted by Crippen LogP contribution is -2.43. The number of alkyl halides is 3. The summed E-state index contributed by atoms with van der Waals surface area (Å²) >= 11 is 0. The maximum atomic E-state index is 12.4. The fraction of sp³-hybridized carbons (Fsp3) is 0.250. The van der Waals surface area contributed by atoms with Crippen molar-refractivity contribution in [2.45, 2.75) is 25.6 Å². The standard InChI is InChI=1S/C24H20F3N3O5/c25-24(26,27)35-19-4-1-3-16(11-19)20(31)30-18-7-5-15(6-8-18)17-12-28-22(29-13-17)34-14-23(21(32)33)9-2-10-23/h1,3-8,11-13H,2,9-10,14H2,(H,30,31)(H,32,33). The molecular weight excluding hydrogens is 467 g/mol. The van der Waals surface area contributed by atoms with Crippen LogP contribution in [0.5, 0.6) is 11.8 Å². The number of carbonyl (C=O) groups is 2. The fourth-order valence-electron chi connectivity index (χ4n) is 3.55. The number of amides is 1. The van der Waals surface area contributed by atoms with Gasteiger partial charge in [-0.3, -0.25) is 9.59 Å². The molecule has 0 spiro atoms. The Bertz CT molecular complexity index is 1210. The Hall–Kier alpha value is -4.15. The maximum Gasteiger partial charge on any atom is 0.573 e. The number of carboxylic acids is 1. The van der Waals surface area contributed by atoms with Crippen molar-refractivity contribution >= 4 is 17.6 Å². The summed E-state index contributed by atoms with van der Waals surface area (Å²) in [5.74, 6) is -1.96. The molecule has 2 aromatic carbocycles. The number of hydrogen-bond donors (Lipinski definition) is 2. The van der Waals surface area contributed by atoms with E-state index in [2.05, 4.69) is 20.0 Å². The van der Waals surface area contributed by atoms with Gasteiger partial charge < -0.3 is 19.9 Å². The highest BCUT2D eigenvalue weighted by molar-refractivity contribution is 6.04. The summed E-state index contributed by atoms with van der Waals surface area (Å²) in [5, 5.41) is 12.0. The number of rotatable bonds is 8. The molecule has 0 saturated heterocycles. The van der Waals surface area contributed by atoms with Gasteiger partial charge in [-0.05, 0) is 48.7 Å². The summed E-state index contributed by atoms with van der Waals surface area (Å²) < 4.78 is 46.5. The number of carboxylic acid groups (broad SMARTS) is 1. The molecule has 1 fully saturated rings. The normalized spacial score (nSPS) is 14.5. The topological polar surface area (TPSA) is 111 Å². The van der Waals surface area contributed by atoms with Crippen molar-refractivity contribution in [3.05, 3.63) is 66.5 Å². The molecule has 0 unspecified atom stereocenters. The van der Waals surface area contributed by atoms with Gasteiger partial charge in [0.25, 0.3) is 5.91 Å². The molecule has 0 bridgehead atoms. The van der Waals surface area contributed by atoms with Crippen LogP contribution in [0.1, 0.15) is 29.6 Å². The smallest absolute Gasteiger partial charge is 0.481 e. The molecule has 1 aromatic heterocycles. The van der Waals surface area contributed by atoms with Crippen LogP contribution in [0.2, 0.25) is 0 Å². The second-order valence-electron chi connectivity index (χ2n) is 8.09. The summed E-state index contributed by atoms with van der Waals surface area (Å²) in [7, 11) is 0. The van der Waals surface area contributed by atoms with E-state index in [0.717, 1.165) is 24.1 Å². The average molecular weight is 487 g/mol. The van der Waals surface area contributed by atoms with Crippen LogP contribution in [0.3, 0.4) is 0 Å². The molecule has 3 aromatic rings. The maximum absolute atomic E-state index is 12.4. The molecule has 11 heteroatoms. The minimum atomic E-state index is -4.85. The number of aliphatic carboxylic acids is 1. The summed E-state index contributed by atoms with van der Waals surface area (Å²) in [6.07, 6.45) is 0.208. The molecule has 182 valence electrons. The number of hydrogen-bond acceptors (Lipinski definition) is 6. The number of nitrogens with zero attached hydrogens (tertiary/aromatic N) is 2. The number of anilines is 1. The lowest BCUT2D eigenvalue weighted by molar-refractivity contribution is -0.274. The van der Waals surface area contributed by atoms with Crippen LogP contribution in [-0.4, -0.2) is 39.9 Å². The zero-order valence-corrected chi connectivity index (χ0v) is 18.2. The first-order valence-corrected chi connectivity index (χ1v) is 10.6. The number of halogens is 3. The van der Waals surface area contributed by atoms with Crippen molar-refractivity contribution in [1.82, 2.24) is 9.97 Å². The van der Waals surface area contributed by atoms with Gasteiger partial charge in [-0.2, -0.15) is 0 Å². The zero-order chi connectivity index (χ0) is 25.1. The van der Waals surface area contributed by atoms with E-state index in [1.54, 1.807) is 24.3 Å². The highest BCUT2D eigenvalue weighted by Crippen LogP contribution is 2.41. The first-order chi connectivity index (χ1) is 16.6. The molecule has 0 aliphatic heterocycles. The van der Waals surface area contributed by atoms with Crippen LogP contribution in [0, 0.1) is 5.41 Å². The van der Waals surface area contributed by atoms with Crippen molar-refractivity contribution in [1.29, 1.82) is 0 Å². The molecule has 0 atom stereocenters. The third-order valence-corrected chi connectivity index (χ3v) is 5.68. The van der Waals surface area contributed by atoms with Crippen molar-refractivity contribution in [3.8, 4) is 22.9 Å². The number of aromatic nitrogens is 2. The zero-order valence-electron chi connectivity index (χ0n) is 18.2. The van der Waals surface area contributed by atoms with Crippen LogP contribution in [0.4, 0.5) is 18.9 Å². The lowest BCUT2D eigenvalue weighted by Gasteiger charge is -2.36. The summed E-state index contributed by atoms with van der Waals surface area (Å²) in [5.41, 5.74) is 0.988. The van der Waals surface area contributed by atoms with E-state index < -0.39 is 29.4 Å². The van der Waals surface area contributed by atoms with E-state index in [4.69, 9.17) is 4.74 Å². The Kier molecular flexibility index (Phi) is 6.59. The predicted octanol–water partition coefficient (Wildman–Crippen LogP) is 4.93. The quantitative estimate of drug-likeness (QED) is 0.464. The summed E-state index contributed by atoms with van der Waals surface area (Å²) in [6.45, 7) is 0.0152. The van der Waals surface area contributed by atoms with Gasteiger partial charge in [0, 0.05) is 29.2 Å². The highest BCUT2D eigenvalue weighted by atomic mass is 19.4. The van der Waals surface area contributed by atoms with Gasteiger partial charge in [0.2, 0.25) is 0 Å². The largest absolute Gasteiger partial charge is 0.573 e. The molecule has 1 heterocycles. The molecule has 0 radical (unpaired) electrons. The van der Waals surface area contributed by atoms with Gasteiger partial charge >= 0.3 is 18.3 Å². The SMILES string of the molecule is O=C(Nc1ccc(-c2cnc(OCC3(C(=O)O)CCC3)nc2)cc1)c1cccc(OC(F)(F)F)c1. The molecule has 1 aliphatic rings. The number of ether oxygens (including phenoxy) is 2.